The van der Waals surface area contributed by atoms with E-state index < -0.39 is 48.2 Å². The molecule has 194 valence electrons. The number of hydrogen-bond donors (Lipinski definition) is 2. The highest BCUT2D eigenvalue weighted by Gasteiger charge is 2.36. The van der Waals surface area contributed by atoms with Gasteiger partial charge in [-0.25, -0.2) is 8.78 Å². The van der Waals surface area contributed by atoms with E-state index in [-0.39, 0.29) is 34.8 Å². The summed E-state index contributed by atoms with van der Waals surface area (Å²) in [4.78, 5) is 3.88. The highest BCUT2D eigenvalue weighted by Crippen LogP contribution is 2.37. The predicted octanol–water partition coefficient (Wildman–Crippen LogP) is 6.22. The number of fused-ring (bicyclic) bond motifs is 1. The van der Waals surface area contributed by atoms with Crippen molar-refractivity contribution in [2.45, 2.75) is 56.4 Å². The van der Waals surface area contributed by atoms with Crippen molar-refractivity contribution in [3.8, 4) is 5.75 Å². The fourth-order valence-corrected chi connectivity index (χ4v) is 4.16. The molecule has 1 fully saturated rings. The van der Waals surface area contributed by atoms with Crippen LogP contribution in [0.2, 0.25) is 0 Å². The van der Waals surface area contributed by atoms with Crippen LogP contribution in [0.15, 0.2) is 42.7 Å². The number of alkyl halides is 6. The van der Waals surface area contributed by atoms with Gasteiger partial charge in [-0.2, -0.15) is 26.3 Å². The quantitative estimate of drug-likeness (QED) is 0.364. The molecule has 1 saturated carbocycles. The second kappa shape index (κ2) is 9.81. The minimum absolute atomic E-state index is 0.00808. The normalized spacial score (nSPS) is 19.2. The van der Waals surface area contributed by atoms with Crippen LogP contribution in [-0.4, -0.2) is 28.4 Å². The first-order valence-corrected chi connectivity index (χ1v) is 10.9. The smallest absolute Gasteiger partial charge is 0.419 e. The Morgan fingerprint density at radius 1 is 1.00 bits per heavy atom. The first-order chi connectivity index (χ1) is 16.8. The van der Waals surface area contributed by atoms with E-state index in [1.165, 1.54) is 18.5 Å². The molecule has 0 aliphatic heterocycles. The number of ether oxygens (including phenoxy) is 1. The lowest BCUT2D eigenvalue weighted by Gasteiger charge is -2.36. The molecule has 3 aromatic rings. The van der Waals surface area contributed by atoms with Gasteiger partial charge in [-0.15, -0.1) is 0 Å². The molecule has 0 spiro atoms. The van der Waals surface area contributed by atoms with E-state index >= 15 is 0 Å². The van der Waals surface area contributed by atoms with E-state index in [0.29, 0.717) is 30.4 Å². The number of nitrogens with one attached hydrogen (secondary N) is 1. The SMILES string of the molecule is OC(CC(F)(F)F)c1cc(F)c(CN[C@H]2C[C@H](Oc3ccc(F)c(C(F)(F)F)c3)C2)c2ccncc12. The largest absolute Gasteiger partial charge is 0.490 e. The van der Waals surface area contributed by atoms with Crippen molar-refractivity contribution in [2.24, 2.45) is 0 Å². The third-order valence-electron chi connectivity index (χ3n) is 6.02. The predicted molar refractivity (Wildman–Crippen MR) is 113 cm³/mol. The van der Waals surface area contributed by atoms with E-state index in [9.17, 15) is 40.2 Å². The number of benzene rings is 2. The van der Waals surface area contributed by atoms with Crippen LogP contribution < -0.4 is 10.1 Å². The van der Waals surface area contributed by atoms with Crippen LogP contribution in [0.25, 0.3) is 10.8 Å². The molecule has 0 saturated heterocycles. The Kier molecular flexibility index (Phi) is 7.11. The maximum absolute atomic E-state index is 14.9. The van der Waals surface area contributed by atoms with Crippen LogP contribution in [0.3, 0.4) is 0 Å². The van der Waals surface area contributed by atoms with Gasteiger partial charge in [-0.3, -0.25) is 4.98 Å². The van der Waals surface area contributed by atoms with Crippen LogP contribution in [-0.2, 0) is 12.7 Å². The summed E-state index contributed by atoms with van der Waals surface area (Å²) in [5.41, 5.74) is -1.46. The zero-order valence-electron chi connectivity index (χ0n) is 18.4. The molecule has 1 heterocycles. The van der Waals surface area contributed by atoms with Gasteiger partial charge in [0, 0.05) is 35.9 Å². The number of halogens is 8. The average molecular weight is 520 g/mol. The Balaban J connectivity index is 1.41. The van der Waals surface area contributed by atoms with Crippen LogP contribution in [0.4, 0.5) is 35.1 Å². The molecule has 1 aliphatic rings. The van der Waals surface area contributed by atoms with Crippen LogP contribution in [0.5, 0.6) is 5.75 Å². The van der Waals surface area contributed by atoms with Crippen molar-refractivity contribution in [1.29, 1.82) is 0 Å². The summed E-state index contributed by atoms with van der Waals surface area (Å²) in [6, 6.07) is 4.54. The van der Waals surface area contributed by atoms with Gasteiger partial charge in [-0.05, 0) is 54.1 Å². The number of hydrogen-bond acceptors (Lipinski definition) is 4. The van der Waals surface area contributed by atoms with Crippen molar-refractivity contribution >= 4 is 10.8 Å². The molecular formula is C24H20F8N2O2. The number of aliphatic hydroxyl groups excluding tert-OH is 1. The zero-order chi connectivity index (χ0) is 26.3. The molecule has 1 unspecified atom stereocenters. The molecule has 2 N–H and O–H groups in total. The Labute approximate surface area is 199 Å². The molecular weight excluding hydrogens is 500 g/mol. The lowest BCUT2D eigenvalue weighted by Crippen LogP contribution is -2.46. The third-order valence-corrected chi connectivity index (χ3v) is 6.02. The lowest BCUT2D eigenvalue weighted by molar-refractivity contribution is -0.154. The summed E-state index contributed by atoms with van der Waals surface area (Å²) < 4.78 is 111. The number of aromatic nitrogens is 1. The molecule has 1 atom stereocenters. The fourth-order valence-electron chi connectivity index (χ4n) is 4.16. The van der Waals surface area contributed by atoms with Gasteiger partial charge >= 0.3 is 12.4 Å². The van der Waals surface area contributed by atoms with E-state index in [1.54, 1.807) is 0 Å². The zero-order valence-corrected chi connectivity index (χ0v) is 18.4. The van der Waals surface area contributed by atoms with Gasteiger partial charge in [0.15, 0.2) is 0 Å². The first-order valence-electron chi connectivity index (χ1n) is 10.9. The summed E-state index contributed by atoms with van der Waals surface area (Å²) >= 11 is 0. The Morgan fingerprint density at radius 2 is 1.72 bits per heavy atom. The molecule has 4 rings (SSSR count). The molecule has 12 heteroatoms. The van der Waals surface area contributed by atoms with Crippen LogP contribution >= 0.6 is 0 Å². The minimum Gasteiger partial charge on any atom is -0.490 e. The highest BCUT2D eigenvalue weighted by molar-refractivity contribution is 5.88. The van der Waals surface area contributed by atoms with E-state index in [4.69, 9.17) is 4.74 Å². The van der Waals surface area contributed by atoms with E-state index in [0.717, 1.165) is 12.1 Å². The molecule has 36 heavy (non-hydrogen) atoms. The van der Waals surface area contributed by atoms with Crippen molar-refractivity contribution in [2.75, 3.05) is 0 Å². The van der Waals surface area contributed by atoms with Crippen LogP contribution in [0.1, 0.15) is 42.1 Å². The van der Waals surface area contributed by atoms with Gasteiger partial charge in [0.25, 0.3) is 0 Å². The summed E-state index contributed by atoms with van der Waals surface area (Å²) in [6.45, 7) is 0.00808. The number of nitrogens with zero attached hydrogens (tertiary/aromatic N) is 1. The Hall–Kier alpha value is -2.99. The molecule has 2 aromatic carbocycles. The topological polar surface area (TPSA) is 54.4 Å². The summed E-state index contributed by atoms with van der Waals surface area (Å²) in [5, 5.41) is 13.6. The van der Waals surface area contributed by atoms with Crippen LogP contribution in [0, 0.1) is 11.6 Å². The molecule has 1 aromatic heterocycles. The summed E-state index contributed by atoms with van der Waals surface area (Å²) in [7, 11) is 0. The van der Waals surface area contributed by atoms with E-state index in [2.05, 4.69) is 10.3 Å². The molecule has 4 nitrogen and oxygen atoms in total. The monoisotopic (exact) mass is 520 g/mol. The van der Waals surface area contributed by atoms with Gasteiger partial charge in [0.05, 0.1) is 18.1 Å². The van der Waals surface area contributed by atoms with Crippen molar-refractivity contribution < 1.29 is 45.0 Å². The van der Waals surface area contributed by atoms with Crippen molar-refractivity contribution in [3.63, 3.8) is 0 Å². The fraction of sp³-hybridized carbons (Fsp3) is 0.375. The second-order valence-electron chi connectivity index (χ2n) is 8.61. The van der Waals surface area contributed by atoms with Gasteiger partial charge in [0.2, 0.25) is 0 Å². The van der Waals surface area contributed by atoms with Crippen molar-refractivity contribution in [1.82, 2.24) is 10.3 Å². The van der Waals surface area contributed by atoms with Gasteiger partial charge in [-0.1, -0.05) is 0 Å². The maximum atomic E-state index is 14.9. The van der Waals surface area contributed by atoms with Gasteiger partial charge in [0.1, 0.15) is 23.5 Å². The second-order valence-corrected chi connectivity index (χ2v) is 8.61. The number of rotatable bonds is 7. The Bertz CT molecular complexity index is 1240. The first kappa shape index (κ1) is 26.1. The maximum Gasteiger partial charge on any atom is 0.419 e. The Morgan fingerprint density at radius 3 is 2.39 bits per heavy atom. The molecule has 1 aliphatic carbocycles. The number of aliphatic hydroxyl groups is 1. The van der Waals surface area contributed by atoms with Crippen molar-refractivity contribution in [3.05, 3.63) is 71.1 Å². The number of pyridine rings is 1. The highest BCUT2D eigenvalue weighted by atomic mass is 19.4. The van der Waals surface area contributed by atoms with Gasteiger partial charge < -0.3 is 15.2 Å². The molecule has 0 bridgehead atoms. The minimum atomic E-state index is -4.85. The molecule has 0 radical (unpaired) electrons. The van der Waals surface area contributed by atoms with E-state index in [1.807, 2.05) is 0 Å². The lowest BCUT2D eigenvalue weighted by atomic mass is 9.88. The summed E-state index contributed by atoms with van der Waals surface area (Å²) in [6.07, 6.45) is -10.0. The standard InChI is InChI=1S/C24H20F8N2O2/c25-20-2-1-13(7-19(20)24(30,31)32)36-14-5-12(6-14)34-11-18-15-3-4-33-10-17(15)16(8-21(18)26)22(35)9-23(27,28)29/h1-4,7-8,10,12,14,22,34-35H,5-6,9,11H2/t12-,14-,22?. The third kappa shape index (κ3) is 5.86. The average Bonchev–Trinajstić information content (AvgIpc) is 2.75. The summed E-state index contributed by atoms with van der Waals surface area (Å²) in [5.74, 6) is -2.32. The molecule has 0 amide bonds.